The largest absolute Gasteiger partial charge is 0.414 e. The van der Waals surface area contributed by atoms with Gasteiger partial charge in [-0.2, -0.15) is 0 Å². The molecule has 3 heteroatoms. The number of Topliss-reactive ketones (excluding diaryl/α,β-unsaturated/α-hetero) is 1. The van der Waals surface area contributed by atoms with Crippen molar-refractivity contribution in [2.24, 2.45) is 11.3 Å². The van der Waals surface area contributed by atoms with Crippen LogP contribution in [0.4, 0.5) is 0 Å². The molecule has 0 heterocycles. The third kappa shape index (κ3) is 6.43. The molecule has 0 spiro atoms. The van der Waals surface area contributed by atoms with Gasteiger partial charge in [0.15, 0.2) is 8.32 Å². The summed E-state index contributed by atoms with van der Waals surface area (Å²) < 4.78 is 6.14. The van der Waals surface area contributed by atoms with Crippen LogP contribution >= 0.6 is 0 Å². The molecular formula is C13H28O2Si. The number of carbonyl (C=O) groups excluding carboxylic acids is 1. The molecule has 0 aliphatic rings. The minimum Gasteiger partial charge on any atom is -0.414 e. The highest BCUT2D eigenvalue weighted by molar-refractivity contribution is 6.69. The van der Waals surface area contributed by atoms with Crippen LogP contribution in [0, 0.1) is 11.3 Å². The SMILES string of the molecule is CC(C)C(=O)CC(O[Si](C)(C)C)C(C)(C)C. The Hall–Kier alpha value is -0.153. The molecule has 0 radical (unpaired) electrons. The molecule has 2 nitrogen and oxygen atoms in total. The van der Waals surface area contributed by atoms with E-state index in [4.69, 9.17) is 4.43 Å². The van der Waals surface area contributed by atoms with Crippen molar-refractivity contribution in [1.29, 1.82) is 0 Å². The lowest BCUT2D eigenvalue weighted by Gasteiger charge is -2.35. The lowest BCUT2D eigenvalue weighted by Crippen LogP contribution is -2.41. The summed E-state index contributed by atoms with van der Waals surface area (Å²) in [5.41, 5.74) is 0.0326. The highest BCUT2D eigenvalue weighted by atomic mass is 28.4. The average Bonchev–Trinajstić information content (AvgIpc) is 1.98. The Morgan fingerprint density at radius 1 is 1.19 bits per heavy atom. The summed E-state index contributed by atoms with van der Waals surface area (Å²) in [6.07, 6.45) is 0.597. The van der Waals surface area contributed by atoms with Crippen LogP contribution in [0.3, 0.4) is 0 Å². The van der Waals surface area contributed by atoms with Gasteiger partial charge in [-0.15, -0.1) is 0 Å². The van der Waals surface area contributed by atoms with Crippen LogP contribution in [0.15, 0.2) is 0 Å². The molecule has 1 unspecified atom stereocenters. The van der Waals surface area contributed by atoms with E-state index in [1.54, 1.807) is 0 Å². The predicted octanol–water partition coefficient (Wildman–Crippen LogP) is 3.87. The zero-order chi connectivity index (χ0) is 13.1. The molecule has 0 saturated heterocycles. The van der Waals surface area contributed by atoms with Crippen LogP contribution in [-0.2, 0) is 9.22 Å². The van der Waals surface area contributed by atoms with E-state index >= 15 is 0 Å². The van der Waals surface area contributed by atoms with E-state index in [0.717, 1.165) is 0 Å². The minimum atomic E-state index is -1.58. The van der Waals surface area contributed by atoms with E-state index in [2.05, 4.69) is 40.4 Å². The fourth-order valence-electron chi connectivity index (χ4n) is 1.37. The molecule has 0 aromatic carbocycles. The van der Waals surface area contributed by atoms with Gasteiger partial charge in [0.05, 0.1) is 6.10 Å². The molecule has 0 aromatic heterocycles. The van der Waals surface area contributed by atoms with Gasteiger partial charge in [-0.3, -0.25) is 4.79 Å². The highest BCUT2D eigenvalue weighted by Gasteiger charge is 2.32. The first kappa shape index (κ1) is 15.8. The Morgan fingerprint density at radius 2 is 1.62 bits per heavy atom. The van der Waals surface area contributed by atoms with Crippen molar-refractivity contribution in [3.63, 3.8) is 0 Å². The molecule has 0 saturated carbocycles. The van der Waals surface area contributed by atoms with Crippen LogP contribution in [-0.4, -0.2) is 20.2 Å². The maximum Gasteiger partial charge on any atom is 0.184 e. The number of rotatable bonds is 5. The van der Waals surface area contributed by atoms with Crippen LogP contribution in [0.1, 0.15) is 41.0 Å². The lowest BCUT2D eigenvalue weighted by molar-refractivity contribution is -0.125. The summed E-state index contributed by atoms with van der Waals surface area (Å²) in [4.78, 5) is 11.8. The van der Waals surface area contributed by atoms with Gasteiger partial charge in [0, 0.05) is 12.3 Å². The summed E-state index contributed by atoms with van der Waals surface area (Å²) in [5.74, 6) is 0.410. The fourth-order valence-corrected chi connectivity index (χ4v) is 2.66. The van der Waals surface area contributed by atoms with Crippen LogP contribution in [0.25, 0.3) is 0 Å². The normalized spacial score (nSPS) is 15.3. The molecule has 96 valence electrons. The van der Waals surface area contributed by atoms with E-state index in [-0.39, 0.29) is 17.4 Å². The second kappa shape index (κ2) is 5.45. The maximum absolute atomic E-state index is 11.8. The Balaban J connectivity index is 4.65. The quantitative estimate of drug-likeness (QED) is 0.686. The molecular weight excluding hydrogens is 216 g/mol. The number of hydrogen-bond donors (Lipinski definition) is 0. The Kier molecular flexibility index (Phi) is 5.40. The summed E-state index contributed by atoms with van der Waals surface area (Å²) in [7, 11) is -1.58. The molecule has 0 N–H and O–H groups in total. The fraction of sp³-hybridized carbons (Fsp3) is 0.923. The van der Waals surface area contributed by atoms with E-state index in [1.165, 1.54) is 0 Å². The zero-order valence-corrected chi connectivity index (χ0v) is 13.2. The third-order valence-electron chi connectivity index (χ3n) is 2.49. The molecule has 0 aliphatic carbocycles. The first-order valence-electron chi connectivity index (χ1n) is 6.14. The first-order chi connectivity index (χ1) is 6.93. The molecule has 1 atom stereocenters. The van der Waals surface area contributed by atoms with Gasteiger partial charge in [-0.1, -0.05) is 34.6 Å². The summed E-state index contributed by atoms with van der Waals surface area (Å²) >= 11 is 0. The van der Waals surface area contributed by atoms with E-state index in [1.807, 2.05) is 13.8 Å². The average molecular weight is 244 g/mol. The molecule has 16 heavy (non-hydrogen) atoms. The van der Waals surface area contributed by atoms with Gasteiger partial charge in [0.25, 0.3) is 0 Å². The van der Waals surface area contributed by atoms with Gasteiger partial charge in [-0.25, -0.2) is 0 Å². The topological polar surface area (TPSA) is 26.3 Å². The van der Waals surface area contributed by atoms with Crippen molar-refractivity contribution in [1.82, 2.24) is 0 Å². The Bertz CT molecular complexity index is 233. The van der Waals surface area contributed by atoms with Crippen LogP contribution in [0.5, 0.6) is 0 Å². The van der Waals surface area contributed by atoms with Crippen molar-refractivity contribution in [2.75, 3.05) is 0 Å². The van der Waals surface area contributed by atoms with E-state index < -0.39 is 8.32 Å². The first-order valence-corrected chi connectivity index (χ1v) is 9.55. The van der Waals surface area contributed by atoms with E-state index in [0.29, 0.717) is 12.2 Å². The monoisotopic (exact) mass is 244 g/mol. The summed E-state index contributed by atoms with van der Waals surface area (Å²) in [6.45, 7) is 16.9. The molecule has 0 rings (SSSR count). The van der Waals surface area contributed by atoms with Gasteiger partial charge in [0.2, 0.25) is 0 Å². The van der Waals surface area contributed by atoms with Crippen molar-refractivity contribution in [3.05, 3.63) is 0 Å². The van der Waals surface area contributed by atoms with Crippen molar-refractivity contribution < 1.29 is 9.22 Å². The number of ketones is 1. The van der Waals surface area contributed by atoms with Crippen molar-refractivity contribution in [2.45, 2.75) is 66.8 Å². The predicted molar refractivity (Wildman–Crippen MR) is 72.1 cm³/mol. The molecule has 0 fully saturated rings. The van der Waals surface area contributed by atoms with Crippen LogP contribution < -0.4 is 0 Å². The standard InChI is InChI=1S/C13H28O2Si/c1-10(2)11(14)9-12(13(3,4)5)15-16(6,7)8/h10,12H,9H2,1-8H3. The van der Waals surface area contributed by atoms with Gasteiger partial charge in [-0.05, 0) is 25.1 Å². The van der Waals surface area contributed by atoms with Gasteiger partial charge in [0.1, 0.15) is 5.78 Å². The lowest BCUT2D eigenvalue weighted by atomic mass is 9.85. The third-order valence-corrected chi connectivity index (χ3v) is 3.48. The summed E-state index contributed by atoms with van der Waals surface area (Å²) in [5, 5.41) is 0. The Morgan fingerprint density at radius 3 is 1.88 bits per heavy atom. The maximum atomic E-state index is 11.8. The number of carbonyl (C=O) groups is 1. The highest BCUT2D eigenvalue weighted by Crippen LogP contribution is 2.28. The minimum absolute atomic E-state index is 0.0326. The van der Waals surface area contributed by atoms with E-state index in [9.17, 15) is 4.79 Å². The number of hydrogen-bond acceptors (Lipinski definition) is 2. The molecule has 0 amide bonds. The second-order valence-electron chi connectivity index (χ2n) is 6.91. The molecule has 0 aliphatic heterocycles. The van der Waals surface area contributed by atoms with Crippen molar-refractivity contribution >= 4 is 14.1 Å². The second-order valence-corrected chi connectivity index (χ2v) is 11.4. The van der Waals surface area contributed by atoms with Gasteiger partial charge < -0.3 is 4.43 Å². The van der Waals surface area contributed by atoms with Crippen molar-refractivity contribution in [3.8, 4) is 0 Å². The smallest absolute Gasteiger partial charge is 0.184 e. The molecule has 0 aromatic rings. The van der Waals surface area contributed by atoms with Crippen LogP contribution in [0.2, 0.25) is 19.6 Å². The Labute approximate surface area is 102 Å². The zero-order valence-electron chi connectivity index (χ0n) is 12.2. The van der Waals surface area contributed by atoms with Gasteiger partial charge >= 0.3 is 0 Å². The summed E-state index contributed by atoms with van der Waals surface area (Å²) in [6, 6.07) is 0. The molecule has 0 bridgehead atoms.